The molecular formula is C28H35N5O5S. The van der Waals surface area contributed by atoms with Gasteiger partial charge in [-0.05, 0) is 49.4 Å². The number of nitrogens with two attached hydrogens (primary N) is 1. The monoisotopic (exact) mass is 553 g/mol. The number of nitrogens with one attached hydrogen (secondary N) is 1. The third kappa shape index (κ3) is 5.05. The number of carbonyl (C=O) groups excluding carboxylic acids is 1. The van der Waals surface area contributed by atoms with Crippen LogP contribution < -0.4 is 15.8 Å². The highest BCUT2D eigenvalue weighted by Gasteiger charge is 2.41. The van der Waals surface area contributed by atoms with Crippen molar-refractivity contribution in [1.29, 1.82) is 0 Å². The second-order valence-corrected chi connectivity index (χ2v) is 13.5. The zero-order valence-corrected chi connectivity index (χ0v) is 23.7. The molecule has 0 saturated heterocycles. The summed E-state index contributed by atoms with van der Waals surface area (Å²) in [5.74, 6) is 1.19. The maximum atomic E-state index is 12.5. The second-order valence-electron chi connectivity index (χ2n) is 10.9. The Bertz CT molecular complexity index is 1530. The van der Waals surface area contributed by atoms with Crippen LogP contribution in [0.1, 0.15) is 87.5 Å². The van der Waals surface area contributed by atoms with E-state index in [1.807, 2.05) is 33.8 Å². The van der Waals surface area contributed by atoms with Gasteiger partial charge in [0, 0.05) is 42.9 Å². The highest BCUT2D eigenvalue weighted by atomic mass is 32.2. The highest BCUT2D eigenvalue weighted by Crippen LogP contribution is 2.39. The average molecular weight is 554 g/mol. The fourth-order valence-electron chi connectivity index (χ4n) is 5.00. The van der Waals surface area contributed by atoms with Crippen LogP contribution in [-0.2, 0) is 14.6 Å². The Hall–Kier alpha value is -3.31. The lowest BCUT2D eigenvalue weighted by atomic mass is 9.84. The van der Waals surface area contributed by atoms with Gasteiger partial charge in [0.05, 0.1) is 21.9 Å². The third-order valence-electron chi connectivity index (χ3n) is 8.06. The molecule has 1 fully saturated rings. The predicted molar refractivity (Wildman–Crippen MR) is 149 cm³/mol. The Morgan fingerprint density at radius 2 is 1.90 bits per heavy atom. The molecule has 0 unspecified atom stereocenters. The summed E-state index contributed by atoms with van der Waals surface area (Å²) in [6, 6.07) is 5.11. The van der Waals surface area contributed by atoms with Crippen molar-refractivity contribution >= 4 is 38.2 Å². The average Bonchev–Trinajstić information content (AvgIpc) is 2.88. The maximum Gasteiger partial charge on any atom is 0.340 e. The lowest BCUT2D eigenvalue weighted by Gasteiger charge is -2.36. The molecule has 0 amide bonds. The van der Waals surface area contributed by atoms with Gasteiger partial charge in [0.25, 0.3) is 0 Å². The number of cyclic esters (lactones) is 1. The summed E-state index contributed by atoms with van der Waals surface area (Å²) in [5.41, 5.74) is 7.77. The number of sulfone groups is 1. The number of aromatic nitrogens is 3. The van der Waals surface area contributed by atoms with Gasteiger partial charge in [-0.3, -0.25) is 0 Å². The minimum absolute atomic E-state index is 0.0881. The predicted octanol–water partition coefficient (Wildman–Crippen LogP) is 4.58. The Labute approximate surface area is 228 Å². The summed E-state index contributed by atoms with van der Waals surface area (Å²) in [5, 5.41) is 4.46. The van der Waals surface area contributed by atoms with Gasteiger partial charge in [-0.2, -0.15) is 0 Å². The summed E-state index contributed by atoms with van der Waals surface area (Å²) in [7, 11) is -3.07. The zero-order chi connectivity index (χ0) is 28.1. The van der Waals surface area contributed by atoms with Gasteiger partial charge < -0.3 is 20.5 Å². The van der Waals surface area contributed by atoms with Gasteiger partial charge in [-0.25, -0.2) is 28.2 Å². The summed E-state index contributed by atoms with van der Waals surface area (Å²) in [4.78, 5) is 26.3. The molecule has 0 aromatic carbocycles. The molecule has 0 spiro atoms. The number of hydrogen-bond acceptors (Lipinski definition) is 10. The van der Waals surface area contributed by atoms with Crippen molar-refractivity contribution in [1.82, 2.24) is 15.0 Å². The number of esters is 1. The molecule has 4 heterocycles. The number of nitrogens with zero attached hydrogens (tertiary/aromatic N) is 3. The van der Waals surface area contributed by atoms with Crippen LogP contribution in [0.25, 0.3) is 10.8 Å². The molecule has 3 N–H and O–H groups in total. The van der Waals surface area contributed by atoms with E-state index in [1.165, 1.54) is 0 Å². The van der Waals surface area contributed by atoms with E-state index in [4.69, 9.17) is 20.2 Å². The summed E-state index contributed by atoms with van der Waals surface area (Å²) in [6.07, 6.45) is 4.82. The molecule has 11 heteroatoms. The van der Waals surface area contributed by atoms with E-state index in [1.54, 1.807) is 31.5 Å². The van der Waals surface area contributed by atoms with E-state index < -0.39 is 15.4 Å². The number of rotatable bonds is 8. The smallest absolute Gasteiger partial charge is 0.340 e. The van der Waals surface area contributed by atoms with Crippen LogP contribution in [0.4, 0.5) is 11.6 Å². The minimum atomic E-state index is -3.07. The first-order valence-electron chi connectivity index (χ1n) is 13.4. The molecule has 2 aliphatic rings. The van der Waals surface area contributed by atoms with Gasteiger partial charge in [0.2, 0.25) is 5.88 Å². The fraction of sp³-hybridized carbons (Fsp3) is 0.500. The molecule has 2 atom stereocenters. The van der Waals surface area contributed by atoms with Crippen molar-refractivity contribution < 1.29 is 22.7 Å². The Balaban J connectivity index is 1.44. The van der Waals surface area contributed by atoms with Crippen LogP contribution in [-0.4, -0.2) is 52.0 Å². The number of pyridine rings is 3. The van der Waals surface area contributed by atoms with Gasteiger partial charge in [-0.15, -0.1) is 0 Å². The lowest BCUT2D eigenvalue weighted by molar-refractivity contribution is -0.0189. The zero-order valence-electron chi connectivity index (χ0n) is 22.9. The van der Waals surface area contributed by atoms with Crippen molar-refractivity contribution in [2.45, 2.75) is 82.8 Å². The molecule has 1 saturated carbocycles. The first kappa shape index (κ1) is 27.3. The molecule has 39 heavy (non-hydrogen) atoms. The number of ether oxygens (including phenoxy) is 2. The molecule has 5 rings (SSSR count). The highest BCUT2D eigenvalue weighted by molar-refractivity contribution is 7.92. The normalized spacial score (nSPS) is 22.9. The number of fused-ring (bicyclic) bond motifs is 2. The maximum absolute atomic E-state index is 12.5. The molecule has 3 aromatic rings. The van der Waals surface area contributed by atoms with Crippen LogP contribution in [0.15, 0.2) is 30.6 Å². The molecule has 1 aliphatic carbocycles. The summed E-state index contributed by atoms with van der Waals surface area (Å²) < 4.78 is 36.0. The van der Waals surface area contributed by atoms with Gasteiger partial charge in [-0.1, -0.05) is 20.8 Å². The van der Waals surface area contributed by atoms with Crippen molar-refractivity contribution in [2.75, 3.05) is 11.1 Å². The third-order valence-corrected chi connectivity index (χ3v) is 10.3. The van der Waals surface area contributed by atoms with Crippen LogP contribution in [0, 0.1) is 0 Å². The van der Waals surface area contributed by atoms with Crippen molar-refractivity contribution in [2.24, 2.45) is 5.73 Å². The molecule has 3 aromatic heterocycles. The fourth-order valence-corrected chi connectivity index (χ4v) is 6.49. The second kappa shape index (κ2) is 10.0. The van der Waals surface area contributed by atoms with E-state index in [-0.39, 0.29) is 35.0 Å². The van der Waals surface area contributed by atoms with Crippen LogP contribution in [0.2, 0.25) is 0 Å². The first-order chi connectivity index (χ1) is 18.4. The Kier molecular flexibility index (Phi) is 7.00. The summed E-state index contributed by atoms with van der Waals surface area (Å²) in [6.45, 7) is 9.42. The van der Waals surface area contributed by atoms with Crippen molar-refractivity contribution in [3.05, 3.63) is 47.4 Å². The van der Waals surface area contributed by atoms with E-state index in [0.29, 0.717) is 47.0 Å². The van der Waals surface area contributed by atoms with E-state index in [9.17, 15) is 13.2 Å². The van der Waals surface area contributed by atoms with Crippen LogP contribution in [0.3, 0.4) is 0 Å². The number of carbonyl (C=O) groups is 1. The quantitative estimate of drug-likeness (QED) is 0.380. The molecule has 10 nitrogen and oxygen atoms in total. The van der Waals surface area contributed by atoms with Crippen molar-refractivity contribution in [3.8, 4) is 5.88 Å². The van der Waals surface area contributed by atoms with Gasteiger partial charge >= 0.3 is 5.97 Å². The van der Waals surface area contributed by atoms with Crippen molar-refractivity contribution in [3.63, 3.8) is 0 Å². The lowest BCUT2D eigenvalue weighted by Crippen LogP contribution is -2.43. The molecular weight excluding hydrogens is 518 g/mol. The van der Waals surface area contributed by atoms with Gasteiger partial charge in [0.1, 0.15) is 23.3 Å². The SMILES string of the molecule is CC[C@@H](N)c1cnc(O[C@H]2C[C@@H](S(=O)(=O)CC)C2)c2cnc(Nc3ccc4c(n3)[C@@H](C)C(C)(C)OC4=O)cc12. The van der Waals surface area contributed by atoms with Crippen LogP contribution >= 0.6 is 0 Å². The van der Waals surface area contributed by atoms with Crippen LogP contribution in [0.5, 0.6) is 5.88 Å². The Morgan fingerprint density at radius 3 is 2.59 bits per heavy atom. The van der Waals surface area contributed by atoms with E-state index in [2.05, 4.69) is 15.3 Å². The largest absolute Gasteiger partial charge is 0.474 e. The molecule has 1 aliphatic heterocycles. The molecule has 0 radical (unpaired) electrons. The Morgan fingerprint density at radius 1 is 1.15 bits per heavy atom. The topological polar surface area (TPSA) is 146 Å². The number of anilines is 2. The van der Waals surface area contributed by atoms with Gasteiger partial charge in [0.15, 0.2) is 9.84 Å². The number of hydrogen-bond donors (Lipinski definition) is 2. The van der Waals surface area contributed by atoms with E-state index in [0.717, 1.165) is 17.4 Å². The standard InChI is InChI=1S/C28H35N5O5S/c1-6-22(29)20-13-31-26(37-16-10-17(11-16)39(35,36)7-2)21-14-30-24(12-19(20)21)32-23-9-8-18-25(33-23)15(3)28(4,5)38-27(18)34/h8-9,12-17,22H,6-7,10-11,29H2,1-5H3,(H,30,32,33)/t15-,16-,17+,22-/m1/s1. The molecule has 0 bridgehead atoms. The minimum Gasteiger partial charge on any atom is -0.474 e. The molecule has 208 valence electrons. The van der Waals surface area contributed by atoms with E-state index >= 15 is 0 Å². The summed E-state index contributed by atoms with van der Waals surface area (Å²) >= 11 is 0. The first-order valence-corrected chi connectivity index (χ1v) is 15.1.